The van der Waals surface area contributed by atoms with Crippen LogP contribution >= 0.6 is 0 Å². The van der Waals surface area contributed by atoms with E-state index in [1.54, 1.807) is 18.2 Å². The second-order valence-corrected chi connectivity index (χ2v) is 7.75. The summed E-state index contributed by atoms with van der Waals surface area (Å²) in [5.74, 6) is -0.105. The first kappa shape index (κ1) is 17.6. The molecule has 0 saturated carbocycles. The monoisotopic (exact) mass is 386 g/mol. The van der Waals surface area contributed by atoms with Crippen LogP contribution in [0.5, 0.6) is 0 Å². The van der Waals surface area contributed by atoms with Crippen molar-refractivity contribution in [3.05, 3.63) is 70.5 Å². The highest BCUT2D eigenvalue weighted by atomic mass is 16.1. The first-order chi connectivity index (χ1) is 14.1. The van der Waals surface area contributed by atoms with Gasteiger partial charge in [0.05, 0.1) is 17.9 Å². The highest BCUT2D eigenvalue weighted by Crippen LogP contribution is 2.31. The Kier molecular flexibility index (Phi) is 4.16. The molecule has 2 N–H and O–H groups in total. The summed E-state index contributed by atoms with van der Waals surface area (Å²) in [4.78, 5) is 12.9. The van der Waals surface area contributed by atoms with E-state index in [2.05, 4.69) is 57.9 Å². The molecule has 4 aromatic rings. The van der Waals surface area contributed by atoms with Crippen LogP contribution < -0.4 is 5.32 Å². The molecule has 1 aliphatic carbocycles. The van der Waals surface area contributed by atoms with Gasteiger partial charge < -0.3 is 5.32 Å². The molecule has 0 saturated heterocycles. The largest absolute Gasteiger partial charge is 0.345 e. The SMILES string of the molecule is Cc1cc(C)cc(-n2ncc3c2CCCC3NC(=O)c2ccc3n[nH]nc3c2)c1. The molecule has 2 aromatic heterocycles. The zero-order chi connectivity index (χ0) is 20.0. The number of benzene rings is 2. The van der Waals surface area contributed by atoms with Gasteiger partial charge in [-0.2, -0.15) is 20.5 Å². The van der Waals surface area contributed by atoms with Gasteiger partial charge in [-0.05, 0) is 74.6 Å². The molecule has 2 heterocycles. The average molecular weight is 386 g/mol. The maximum atomic E-state index is 12.9. The molecular weight excluding hydrogens is 364 g/mol. The quantitative estimate of drug-likeness (QED) is 0.563. The van der Waals surface area contributed by atoms with E-state index >= 15 is 0 Å². The van der Waals surface area contributed by atoms with Gasteiger partial charge in [0.2, 0.25) is 0 Å². The summed E-state index contributed by atoms with van der Waals surface area (Å²) in [6, 6.07) is 11.8. The number of H-pyrrole nitrogens is 1. The lowest BCUT2D eigenvalue weighted by Gasteiger charge is -2.24. The average Bonchev–Trinajstić information content (AvgIpc) is 3.34. The topological polar surface area (TPSA) is 88.5 Å². The molecule has 0 radical (unpaired) electrons. The Bertz CT molecular complexity index is 1200. The van der Waals surface area contributed by atoms with Crippen molar-refractivity contribution < 1.29 is 4.79 Å². The number of hydrogen-bond donors (Lipinski definition) is 2. The Hall–Kier alpha value is -3.48. The van der Waals surface area contributed by atoms with Gasteiger partial charge in [0.15, 0.2) is 0 Å². The van der Waals surface area contributed by atoms with Crippen molar-refractivity contribution >= 4 is 16.9 Å². The number of aromatic amines is 1. The van der Waals surface area contributed by atoms with Crippen molar-refractivity contribution in [1.82, 2.24) is 30.5 Å². The third kappa shape index (κ3) is 3.18. The van der Waals surface area contributed by atoms with E-state index in [0.29, 0.717) is 11.1 Å². The number of fused-ring (bicyclic) bond motifs is 2. The lowest BCUT2D eigenvalue weighted by Crippen LogP contribution is -2.31. The Labute approximate surface area is 168 Å². The van der Waals surface area contributed by atoms with Crippen molar-refractivity contribution in [3.8, 4) is 5.69 Å². The third-order valence-corrected chi connectivity index (χ3v) is 5.52. The number of aryl methyl sites for hydroxylation is 2. The van der Waals surface area contributed by atoms with E-state index in [-0.39, 0.29) is 11.9 Å². The van der Waals surface area contributed by atoms with Gasteiger partial charge in [-0.15, -0.1) is 0 Å². The van der Waals surface area contributed by atoms with Crippen molar-refractivity contribution in [3.63, 3.8) is 0 Å². The molecule has 1 unspecified atom stereocenters. The number of nitrogens with zero attached hydrogens (tertiary/aromatic N) is 4. The number of carbonyl (C=O) groups is 1. The second-order valence-electron chi connectivity index (χ2n) is 7.75. The molecule has 0 bridgehead atoms. The van der Waals surface area contributed by atoms with Gasteiger partial charge in [-0.1, -0.05) is 6.07 Å². The minimum Gasteiger partial charge on any atom is -0.345 e. The number of rotatable bonds is 3. The third-order valence-electron chi connectivity index (χ3n) is 5.52. The Balaban J connectivity index is 1.43. The van der Waals surface area contributed by atoms with E-state index in [4.69, 9.17) is 0 Å². The van der Waals surface area contributed by atoms with Crippen molar-refractivity contribution in [2.24, 2.45) is 0 Å². The van der Waals surface area contributed by atoms with Crippen LogP contribution in [0.1, 0.15) is 51.6 Å². The molecule has 2 aromatic carbocycles. The van der Waals surface area contributed by atoms with E-state index < -0.39 is 0 Å². The van der Waals surface area contributed by atoms with Gasteiger partial charge in [-0.3, -0.25) is 4.79 Å². The van der Waals surface area contributed by atoms with E-state index in [1.807, 2.05) is 10.9 Å². The smallest absolute Gasteiger partial charge is 0.251 e. The first-order valence-electron chi connectivity index (χ1n) is 9.85. The zero-order valence-corrected chi connectivity index (χ0v) is 16.4. The fourth-order valence-electron chi connectivity index (χ4n) is 4.23. The van der Waals surface area contributed by atoms with Crippen molar-refractivity contribution in [2.75, 3.05) is 0 Å². The summed E-state index contributed by atoms with van der Waals surface area (Å²) in [7, 11) is 0. The number of carbonyl (C=O) groups excluding carboxylic acids is 1. The zero-order valence-electron chi connectivity index (χ0n) is 16.4. The lowest BCUT2D eigenvalue weighted by atomic mass is 9.92. The second kappa shape index (κ2) is 6.84. The normalized spacial score (nSPS) is 16.0. The Morgan fingerprint density at radius 1 is 1.10 bits per heavy atom. The molecular formula is C22H22N6O. The number of hydrogen-bond acceptors (Lipinski definition) is 4. The maximum Gasteiger partial charge on any atom is 0.251 e. The van der Waals surface area contributed by atoms with Crippen LogP contribution in [-0.4, -0.2) is 31.1 Å². The Morgan fingerprint density at radius 3 is 2.72 bits per heavy atom. The highest BCUT2D eigenvalue weighted by molar-refractivity contribution is 5.97. The van der Waals surface area contributed by atoms with E-state index in [9.17, 15) is 4.79 Å². The molecule has 146 valence electrons. The van der Waals surface area contributed by atoms with E-state index in [0.717, 1.165) is 36.0 Å². The molecule has 0 fully saturated rings. The van der Waals surface area contributed by atoms with Crippen LogP contribution in [0.25, 0.3) is 16.7 Å². The first-order valence-corrected chi connectivity index (χ1v) is 9.85. The minimum atomic E-state index is -0.105. The number of aromatic nitrogens is 5. The standard InChI is InChI=1S/C22H22N6O/c1-13-8-14(2)10-16(9-13)28-21-5-3-4-18(17(21)12-23-28)24-22(29)15-6-7-19-20(11-15)26-27-25-19/h6-12,18H,3-5H2,1-2H3,(H,24,29)(H,25,26,27). The maximum absolute atomic E-state index is 12.9. The van der Waals surface area contributed by atoms with Gasteiger partial charge in [0.1, 0.15) is 11.0 Å². The summed E-state index contributed by atoms with van der Waals surface area (Å²) in [5, 5.41) is 18.5. The van der Waals surface area contributed by atoms with Crippen LogP contribution in [0.15, 0.2) is 42.6 Å². The number of nitrogens with one attached hydrogen (secondary N) is 2. The van der Waals surface area contributed by atoms with Crippen LogP contribution in [0, 0.1) is 13.8 Å². The van der Waals surface area contributed by atoms with Crippen LogP contribution in [-0.2, 0) is 6.42 Å². The summed E-state index contributed by atoms with van der Waals surface area (Å²) >= 11 is 0. The number of amides is 1. The molecule has 5 rings (SSSR count). The summed E-state index contributed by atoms with van der Waals surface area (Å²) in [6.07, 6.45) is 4.78. The van der Waals surface area contributed by atoms with Crippen molar-refractivity contribution in [2.45, 2.75) is 39.2 Å². The summed E-state index contributed by atoms with van der Waals surface area (Å²) < 4.78 is 2.02. The van der Waals surface area contributed by atoms with Crippen LogP contribution in [0.3, 0.4) is 0 Å². The molecule has 1 amide bonds. The van der Waals surface area contributed by atoms with Crippen LogP contribution in [0.4, 0.5) is 0 Å². The van der Waals surface area contributed by atoms with Crippen LogP contribution in [0.2, 0.25) is 0 Å². The molecule has 0 aliphatic heterocycles. The summed E-state index contributed by atoms with van der Waals surface area (Å²) in [5.41, 5.74) is 7.80. The summed E-state index contributed by atoms with van der Waals surface area (Å²) in [6.45, 7) is 4.20. The van der Waals surface area contributed by atoms with Gasteiger partial charge >= 0.3 is 0 Å². The molecule has 1 aliphatic rings. The molecule has 0 spiro atoms. The van der Waals surface area contributed by atoms with Gasteiger partial charge in [-0.25, -0.2) is 4.68 Å². The van der Waals surface area contributed by atoms with Gasteiger partial charge in [0.25, 0.3) is 5.91 Å². The fraction of sp³-hybridized carbons (Fsp3) is 0.273. The highest BCUT2D eigenvalue weighted by Gasteiger charge is 2.26. The molecule has 7 nitrogen and oxygen atoms in total. The molecule has 7 heteroatoms. The molecule has 29 heavy (non-hydrogen) atoms. The fourth-order valence-corrected chi connectivity index (χ4v) is 4.23. The predicted molar refractivity (Wildman–Crippen MR) is 110 cm³/mol. The Morgan fingerprint density at radius 2 is 1.90 bits per heavy atom. The van der Waals surface area contributed by atoms with E-state index in [1.165, 1.54) is 16.8 Å². The lowest BCUT2D eigenvalue weighted by molar-refractivity contribution is 0.0933. The van der Waals surface area contributed by atoms with Gasteiger partial charge in [0, 0.05) is 16.8 Å². The minimum absolute atomic E-state index is 0.0427. The molecule has 1 atom stereocenters. The predicted octanol–water partition coefficient (Wildman–Crippen LogP) is 3.57. The van der Waals surface area contributed by atoms with Crippen molar-refractivity contribution in [1.29, 1.82) is 0 Å².